The minimum Gasteiger partial charge on any atom is -0.469 e. The van der Waals surface area contributed by atoms with Crippen LogP contribution < -0.4 is 0 Å². The van der Waals surface area contributed by atoms with Crippen LogP contribution in [0, 0.1) is 10.1 Å². The number of carbonyl (C=O) groups excluding carboxylic acids is 1. The maximum absolute atomic E-state index is 10.6. The Bertz CT molecular complexity index is 192. The molecule has 0 bridgehead atoms. The van der Waals surface area contributed by atoms with Gasteiger partial charge in [-0.3, -0.25) is 14.9 Å². The van der Waals surface area contributed by atoms with E-state index >= 15 is 0 Å². The zero-order chi connectivity index (χ0) is 9.78. The van der Waals surface area contributed by atoms with Gasteiger partial charge in [0.25, 0.3) is 5.00 Å². The molecule has 0 fully saturated rings. The molecule has 0 aromatic heterocycles. The van der Waals surface area contributed by atoms with Gasteiger partial charge in [0.1, 0.15) is 0 Å². The zero-order valence-corrected chi connectivity index (χ0v) is 7.63. The lowest BCUT2D eigenvalue weighted by molar-refractivity contribution is -0.538. The topological polar surface area (TPSA) is 69.4 Å². The summed E-state index contributed by atoms with van der Waals surface area (Å²) in [6.07, 6.45) is -0.0777. The second kappa shape index (κ2) is 4.25. The van der Waals surface area contributed by atoms with Crippen molar-refractivity contribution in [2.75, 3.05) is 7.11 Å². The van der Waals surface area contributed by atoms with Gasteiger partial charge in [0.2, 0.25) is 0 Å². The maximum atomic E-state index is 10.6. The molecule has 5 nitrogen and oxygen atoms in total. The highest BCUT2D eigenvalue weighted by molar-refractivity contribution is 6.22. The Balaban J connectivity index is 3.92. The van der Waals surface area contributed by atoms with Gasteiger partial charge >= 0.3 is 5.97 Å². The summed E-state index contributed by atoms with van der Waals surface area (Å²) in [5.74, 6) is -0.497. The largest absolute Gasteiger partial charge is 0.469 e. The molecular formula is C6H10ClNO4. The van der Waals surface area contributed by atoms with E-state index in [0.29, 0.717) is 0 Å². The maximum Gasteiger partial charge on any atom is 0.305 e. The lowest BCUT2D eigenvalue weighted by Crippen LogP contribution is -2.28. The average molecular weight is 196 g/mol. The minimum absolute atomic E-state index is 0.0335. The molecule has 0 saturated carbocycles. The second-order valence-electron chi connectivity index (χ2n) is 2.48. The highest BCUT2D eigenvalue weighted by Gasteiger charge is 2.34. The van der Waals surface area contributed by atoms with Crippen LogP contribution in [-0.2, 0) is 9.53 Å². The van der Waals surface area contributed by atoms with Crippen molar-refractivity contribution >= 4 is 17.6 Å². The number of carbonyl (C=O) groups is 1. The third-order valence-electron chi connectivity index (χ3n) is 1.39. The molecule has 0 aliphatic rings. The quantitative estimate of drug-likeness (QED) is 0.222. The number of hydrogen-bond donors (Lipinski definition) is 0. The fraction of sp³-hybridized carbons (Fsp3) is 0.833. The highest BCUT2D eigenvalue weighted by atomic mass is 35.5. The third kappa shape index (κ3) is 3.52. The summed E-state index contributed by atoms with van der Waals surface area (Å²) in [6.45, 7) is 1.25. The number of nitro groups is 1. The first-order valence-corrected chi connectivity index (χ1v) is 3.68. The monoisotopic (exact) mass is 195 g/mol. The number of halogens is 1. The Morgan fingerprint density at radius 2 is 2.25 bits per heavy atom. The molecule has 1 atom stereocenters. The zero-order valence-electron chi connectivity index (χ0n) is 6.87. The Labute approximate surface area is 74.8 Å². The van der Waals surface area contributed by atoms with Crippen molar-refractivity contribution in [1.82, 2.24) is 0 Å². The molecule has 12 heavy (non-hydrogen) atoms. The van der Waals surface area contributed by atoms with Gasteiger partial charge in [-0.05, 0) is 11.6 Å². The summed E-state index contributed by atoms with van der Waals surface area (Å²) in [5, 5.41) is 10.2. The van der Waals surface area contributed by atoms with Gasteiger partial charge in [0.15, 0.2) is 0 Å². The van der Waals surface area contributed by atoms with Gasteiger partial charge in [0.05, 0.1) is 13.5 Å². The van der Waals surface area contributed by atoms with E-state index in [2.05, 4.69) is 4.74 Å². The Morgan fingerprint density at radius 1 is 1.75 bits per heavy atom. The summed E-state index contributed by atoms with van der Waals surface area (Å²) < 4.78 is 4.31. The number of nitrogens with zero attached hydrogens (tertiary/aromatic N) is 1. The van der Waals surface area contributed by atoms with Gasteiger partial charge < -0.3 is 4.74 Å². The van der Waals surface area contributed by atoms with Crippen LogP contribution in [0.15, 0.2) is 0 Å². The van der Waals surface area contributed by atoms with E-state index in [9.17, 15) is 14.9 Å². The summed E-state index contributed by atoms with van der Waals surface area (Å²) in [7, 11) is 1.22. The number of rotatable bonds is 4. The molecule has 0 rings (SSSR count). The van der Waals surface area contributed by atoms with Gasteiger partial charge in [-0.2, -0.15) is 0 Å². The summed E-state index contributed by atoms with van der Waals surface area (Å²) >= 11 is 5.47. The molecule has 0 aromatic carbocycles. The third-order valence-corrected chi connectivity index (χ3v) is 1.72. The van der Waals surface area contributed by atoms with Crippen molar-refractivity contribution in [2.45, 2.75) is 24.8 Å². The van der Waals surface area contributed by atoms with E-state index in [1.54, 1.807) is 0 Å². The standard InChI is InChI=1S/C6H10ClNO4/c1-6(7,8(10)11)4-3-5(9)12-2/h3-4H2,1-2H3. The first kappa shape index (κ1) is 11.2. The number of hydrogen-bond acceptors (Lipinski definition) is 4. The lowest BCUT2D eigenvalue weighted by atomic mass is 10.2. The molecule has 0 N–H and O–H groups in total. The van der Waals surface area contributed by atoms with Crippen LogP contribution >= 0.6 is 11.6 Å². The number of alkyl halides is 1. The van der Waals surface area contributed by atoms with E-state index in [1.165, 1.54) is 14.0 Å². The lowest BCUT2D eigenvalue weighted by Gasteiger charge is -2.11. The van der Waals surface area contributed by atoms with Crippen LogP contribution in [0.3, 0.4) is 0 Å². The molecule has 0 aliphatic carbocycles. The van der Waals surface area contributed by atoms with E-state index in [4.69, 9.17) is 11.6 Å². The molecule has 0 heterocycles. The SMILES string of the molecule is COC(=O)CCC(C)(Cl)[N+](=O)[O-]. The molecule has 0 radical (unpaired) electrons. The highest BCUT2D eigenvalue weighted by Crippen LogP contribution is 2.21. The van der Waals surface area contributed by atoms with Gasteiger partial charge in [-0.1, -0.05) is 0 Å². The van der Waals surface area contributed by atoms with Crippen molar-refractivity contribution in [1.29, 1.82) is 0 Å². The molecule has 0 aliphatic heterocycles. The van der Waals surface area contributed by atoms with Crippen molar-refractivity contribution in [2.24, 2.45) is 0 Å². The fourth-order valence-electron chi connectivity index (χ4n) is 0.524. The summed E-state index contributed by atoms with van der Waals surface area (Å²) in [5.41, 5.74) is 0. The molecule has 0 saturated heterocycles. The van der Waals surface area contributed by atoms with Crippen molar-refractivity contribution in [3.63, 3.8) is 0 Å². The number of methoxy groups -OCH3 is 1. The molecule has 1 unspecified atom stereocenters. The van der Waals surface area contributed by atoms with Gasteiger partial charge in [0, 0.05) is 18.3 Å². The Kier molecular flexibility index (Phi) is 3.95. The van der Waals surface area contributed by atoms with Crippen LogP contribution in [0.5, 0.6) is 0 Å². The molecule has 0 aromatic rings. The number of ether oxygens (including phenoxy) is 1. The van der Waals surface area contributed by atoms with Crippen LogP contribution in [0.2, 0.25) is 0 Å². The van der Waals surface area contributed by atoms with Crippen LogP contribution in [0.25, 0.3) is 0 Å². The van der Waals surface area contributed by atoms with Crippen molar-refractivity contribution < 1.29 is 14.5 Å². The predicted molar refractivity (Wildman–Crippen MR) is 42.5 cm³/mol. The van der Waals surface area contributed by atoms with E-state index in [0.717, 1.165) is 0 Å². The van der Waals surface area contributed by atoms with Gasteiger partial charge in [-0.15, -0.1) is 0 Å². The predicted octanol–water partition coefficient (Wildman–Crippen LogP) is 1.17. The van der Waals surface area contributed by atoms with E-state index in [-0.39, 0.29) is 12.8 Å². The normalized spacial score (nSPS) is 14.9. The number of esters is 1. The second-order valence-corrected chi connectivity index (χ2v) is 3.29. The minimum atomic E-state index is -1.58. The molecule has 0 spiro atoms. The molecule has 70 valence electrons. The molecular weight excluding hydrogens is 186 g/mol. The molecule has 0 amide bonds. The fourth-order valence-corrected chi connectivity index (χ4v) is 0.618. The average Bonchev–Trinajstić information content (AvgIpc) is 2.00. The van der Waals surface area contributed by atoms with Crippen LogP contribution in [0.1, 0.15) is 19.8 Å². The van der Waals surface area contributed by atoms with Crippen LogP contribution in [0.4, 0.5) is 0 Å². The van der Waals surface area contributed by atoms with Crippen molar-refractivity contribution in [3.05, 3.63) is 10.1 Å². The van der Waals surface area contributed by atoms with Gasteiger partial charge in [-0.25, -0.2) is 0 Å². The van der Waals surface area contributed by atoms with Crippen LogP contribution in [-0.4, -0.2) is 23.0 Å². The van der Waals surface area contributed by atoms with E-state index < -0.39 is 15.9 Å². The van der Waals surface area contributed by atoms with Crippen molar-refractivity contribution in [3.8, 4) is 0 Å². The molecule has 6 heteroatoms. The first-order valence-electron chi connectivity index (χ1n) is 3.30. The Hall–Kier alpha value is -0.840. The first-order chi connectivity index (χ1) is 5.40. The summed E-state index contributed by atoms with van der Waals surface area (Å²) in [6, 6.07) is 0. The van der Waals surface area contributed by atoms with E-state index in [1.807, 2.05) is 0 Å². The Morgan fingerprint density at radius 3 is 2.58 bits per heavy atom. The smallest absolute Gasteiger partial charge is 0.305 e. The summed E-state index contributed by atoms with van der Waals surface area (Å²) in [4.78, 5) is 18.6.